The van der Waals surface area contributed by atoms with Crippen molar-refractivity contribution in [2.75, 3.05) is 0 Å². The molecule has 0 heteroatoms. The second kappa shape index (κ2) is 9.76. The molecular formula is C46H28. The number of fused-ring (bicyclic) bond motifs is 7. The molecule has 0 N–H and O–H groups in total. The van der Waals surface area contributed by atoms with E-state index in [1.807, 2.05) is 0 Å². The predicted octanol–water partition coefficient (Wildman–Crippen LogP) is 12.9. The Labute approximate surface area is 267 Å². The molecule has 10 rings (SSSR count). The minimum atomic E-state index is 1.24. The summed E-state index contributed by atoms with van der Waals surface area (Å²) in [5, 5.41) is 10.4. The van der Waals surface area contributed by atoms with Gasteiger partial charge in [-0.1, -0.05) is 158 Å². The second-order valence-corrected chi connectivity index (χ2v) is 12.4. The quantitative estimate of drug-likeness (QED) is 0.182. The Morgan fingerprint density at radius 1 is 0.239 bits per heavy atom. The van der Waals surface area contributed by atoms with E-state index >= 15 is 0 Å². The van der Waals surface area contributed by atoms with E-state index in [1.54, 1.807) is 0 Å². The third kappa shape index (κ3) is 3.56. The lowest BCUT2D eigenvalue weighted by Crippen LogP contribution is -1.94. The minimum absolute atomic E-state index is 1.24. The van der Waals surface area contributed by atoms with Gasteiger partial charge < -0.3 is 0 Å². The van der Waals surface area contributed by atoms with Gasteiger partial charge in [0, 0.05) is 0 Å². The fourth-order valence-electron chi connectivity index (χ4n) is 8.05. The highest BCUT2D eigenvalue weighted by atomic mass is 14.3. The lowest BCUT2D eigenvalue weighted by Gasteiger charge is -2.21. The van der Waals surface area contributed by atoms with Crippen LogP contribution in [-0.2, 0) is 0 Å². The second-order valence-electron chi connectivity index (χ2n) is 12.4. The van der Waals surface area contributed by atoms with E-state index in [0.29, 0.717) is 0 Å². The third-order valence-electron chi connectivity index (χ3n) is 9.96. The van der Waals surface area contributed by atoms with Gasteiger partial charge in [-0.15, -0.1) is 0 Å². The van der Waals surface area contributed by atoms with Gasteiger partial charge in [0.1, 0.15) is 0 Å². The van der Waals surface area contributed by atoms with Crippen LogP contribution in [-0.4, -0.2) is 0 Å². The Bertz CT molecular complexity index is 2660. The van der Waals surface area contributed by atoms with Crippen LogP contribution >= 0.6 is 0 Å². The molecular weight excluding hydrogens is 553 g/mol. The van der Waals surface area contributed by atoms with Crippen LogP contribution in [0.25, 0.3) is 98.7 Å². The lowest BCUT2D eigenvalue weighted by molar-refractivity contribution is 1.62. The topological polar surface area (TPSA) is 0 Å². The molecule has 0 nitrogen and oxygen atoms in total. The first-order valence-corrected chi connectivity index (χ1v) is 16.0. The standard InChI is InChI=1S/C46H28/c1-3-14-30(15-4-1)42-38-26-25-33(35-22-11-19-29-13-7-9-20-34(29)35)27-40(38)43(31-16-5-2-6-17-31)46-41-28-32-18-8-10-21-36(32)37-23-12-24-39(44(37)41)45(42)46/h1-28H. The molecule has 0 bridgehead atoms. The van der Waals surface area contributed by atoms with Gasteiger partial charge >= 0.3 is 0 Å². The van der Waals surface area contributed by atoms with Gasteiger partial charge in [-0.2, -0.15) is 0 Å². The molecule has 0 unspecified atom stereocenters. The average molecular weight is 581 g/mol. The van der Waals surface area contributed by atoms with Crippen molar-refractivity contribution in [3.63, 3.8) is 0 Å². The minimum Gasteiger partial charge on any atom is -0.0622 e. The summed E-state index contributed by atoms with van der Waals surface area (Å²) >= 11 is 0. The summed E-state index contributed by atoms with van der Waals surface area (Å²) in [5.74, 6) is 0. The van der Waals surface area contributed by atoms with Crippen molar-refractivity contribution < 1.29 is 0 Å². The van der Waals surface area contributed by atoms with Crippen LogP contribution in [0.2, 0.25) is 0 Å². The molecule has 0 amide bonds. The molecule has 0 radical (unpaired) electrons. The van der Waals surface area contributed by atoms with Crippen molar-refractivity contribution in [3.8, 4) is 55.6 Å². The highest BCUT2D eigenvalue weighted by Crippen LogP contribution is 2.58. The molecule has 0 atom stereocenters. The molecule has 212 valence electrons. The van der Waals surface area contributed by atoms with Gasteiger partial charge in [0.2, 0.25) is 0 Å². The number of benzene rings is 9. The third-order valence-corrected chi connectivity index (χ3v) is 9.96. The number of rotatable bonds is 3. The van der Waals surface area contributed by atoms with Crippen molar-refractivity contribution in [3.05, 3.63) is 170 Å². The molecule has 1 aliphatic carbocycles. The van der Waals surface area contributed by atoms with Crippen LogP contribution in [0.15, 0.2) is 170 Å². The molecule has 46 heavy (non-hydrogen) atoms. The maximum atomic E-state index is 2.45. The van der Waals surface area contributed by atoms with Crippen LogP contribution in [0.4, 0.5) is 0 Å². The fourth-order valence-corrected chi connectivity index (χ4v) is 8.05. The van der Waals surface area contributed by atoms with E-state index in [2.05, 4.69) is 170 Å². The lowest BCUT2D eigenvalue weighted by atomic mass is 9.81. The summed E-state index contributed by atoms with van der Waals surface area (Å²) in [6, 6.07) is 62.7. The Kier molecular flexibility index (Phi) is 5.38. The van der Waals surface area contributed by atoms with E-state index in [0.717, 1.165) is 0 Å². The van der Waals surface area contributed by atoms with E-state index in [4.69, 9.17) is 0 Å². The fraction of sp³-hybridized carbons (Fsp3) is 0. The van der Waals surface area contributed by atoms with Crippen LogP contribution in [0.3, 0.4) is 0 Å². The molecule has 1 aliphatic rings. The molecule has 0 spiro atoms. The first kappa shape index (κ1) is 25.4. The van der Waals surface area contributed by atoms with Gasteiger partial charge in [0.05, 0.1) is 0 Å². The summed E-state index contributed by atoms with van der Waals surface area (Å²) in [4.78, 5) is 0. The average Bonchev–Trinajstić information content (AvgIpc) is 3.45. The maximum absolute atomic E-state index is 2.45. The monoisotopic (exact) mass is 580 g/mol. The molecule has 9 aromatic carbocycles. The summed E-state index contributed by atoms with van der Waals surface area (Å²) in [7, 11) is 0. The molecule has 0 saturated carbocycles. The number of hydrogen-bond donors (Lipinski definition) is 0. The van der Waals surface area contributed by atoms with Crippen LogP contribution in [0, 0.1) is 0 Å². The Morgan fingerprint density at radius 3 is 1.59 bits per heavy atom. The Hall–Kier alpha value is -5.98. The molecule has 0 heterocycles. The van der Waals surface area contributed by atoms with E-state index in [-0.39, 0.29) is 0 Å². The van der Waals surface area contributed by atoms with E-state index < -0.39 is 0 Å². The first-order chi connectivity index (χ1) is 22.8. The zero-order valence-electron chi connectivity index (χ0n) is 25.2. The van der Waals surface area contributed by atoms with Crippen molar-refractivity contribution >= 4 is 43.1 Å². The largest absolute Gasteiger partial charge is 0.0622 e. The van der Waals surface area contributed by atoms with Gasteiger partial charge in [0.25, 0.3) is 0 Å². The molecule has 0 fully saturated rings. The maximum Gasteiger partial charge on any atom is -0.000719 e. The van der Waals surface area contributed by atoms with Crippen LogP contribution in [0.5, 0.6) is 0 Å². The van der Waals surface area contributed by atoms with Gasteiger partial charge in [0.15, 0.2) is 0 Å². The first-order valence-electron chi connectivity index (χ1n) is 16.0. The van der Waals surface area contributed by atoms with Crippen molar-refractivity contribution in [1.82, 2.24) is 0 Å². The molecule has 0 saturated heterocycles. The van der Waals surface area contributed by atoms with Crippen LogP contribution < -0.4 is 0 Å². The summed E-state index contributed by atoms with van der Waals surface area (Å²) in [5.41, 5.74) is 12.9. The van der Waals surface area contributed by atoms with Crippen molar-refractivity contribution in [1.29, 1.82) is 0 Å². The van der Waals surface area contributed by atoms with Gasteiger partial charge in [-0.05, 0) is 111 Å². The summed E-state index contributed by atoms with van der Waals surface area (Å²) in [6.45, 7) is 0. The SMILES string of the molecule is c1ccc(-c2c3c(c(-c4ccccc4)c4cc(-c5cccc6ccccc56)ccc24)-c2cc4ccccc4c4cccc-3c24)cc1. The van der Waals surface area contributed by atoms with Gasteiger partial charge in [-0.25, -0.2) is 0 Å². The van der Waals surface area contributed by atoms with Crippen molar-refractivity contribution in [2.24, 2.45) is 0 Å². The number of hydrogen-bond acceptors (Lipinski definition) is 0. The zero-order valence-corrected chi connectivity index (χ0v) is 25.2. The van der Waals surface area contributed by atoms with Crippen molar-refractivity contribution in [2.45, 2.75) is 0 Å². The van der Waals surface area contributed by atoms with Gasteiger partial charge in [-0.3, -0.25) is 0 Å². The predicted molar refractivity (Wildman–Crippen MR) is 197 cm³/mol. The molecule has 9 aromatic rings. The highest BCUT2D eigenvalue weighted by Gasteiger charge is 2.31. The van der Waals surface area contributed by atoms with E-state index in [9.17, 15) is 0 Å². The smallest absolute Gasteiger partial charge is 0.000719 e. The molecule has 0 aromatic heterocycles. The molecule has 0 aliphatic heterocycles. The normalized spacial score (nSPS) is 11.9. The summed E-state index contributed by atoms with van der Waals surface area (Å²) in [6.07, 6.45) is 0. The van der Waals surface area contributed by atoms with Crippen LogP contribution in [0.1, 0.15) is 0 Å². The Morgan fingerprint density at radius 2 is 0.804 bits per heavy atom. The zero-order chi connectivity index (χ0) is 30.2. The Balaban J connectivity index is 1.43. The van der Waals surface area contributed by atoms with E-state index in [1.165, 1.54) is 98.7 Å². The highest BCUT2D eigenvalue weighted by molar-refractivity contribution is 6.31. The summed E-state index contributed by atoms with van der Waals surface area (Å²) < 4.78 is 0.